The summed E-state index contributed by atoms with van der Waals surface area (Å²) >= 11 is 5.25. The monoisotopic (exact) mass is 165 g/mol. The SMILES string of the molecule is CC(C)[SiH2]NC(=O)CCl. The molecule has 4 heteroatoms. The number of amides is 1. The number of rotatable bonds is 3. The third kappa shape index (κ3) is 5.85. The van der Waals surface area contributed by atoms with Gasteiger partial charge in [-0.3, -0.25) is 4.79 Å². The maximum atomic E-state index is 10.5. The summed E-state index contributed by atoms with van der Waals surface area (Å²) in [6.45, 7) is 4.20. The van der Waals surface area contributed by atoms with E-state index in [9.17, 15) is 4.79 Å². The summed E-state index contributed by atoms with van der Waals surface area (Å²) in [6.07, 6.45) is 0. The topological polar surface area (TPSA) is 29.1 Å². The number of alkyl halides is 1. The van der Waals surface area contributed by atoms with Gasteiger partial charge in [-0.2, -0.15) is 0 Å². The van der Waals surface area contributed by atoms with Crippen molar-refractivity contribution in [2.24, 2.45) is 0 Å². The molecule has 0 fully saturated rings. The summed E-state index contributed by atoms with van der Waals surface area (Å²) in [6, 6.07) is 0. The Hall–Kier alpha value is -0.0231. The van der Waals surface area contributed by atoms with Crippen LogP contribution in [0.25, 0.3) is 0 Å². The fourth-order valence-corrected chi connectivity index (χ4v) is 1.38. The minimum absolute atomic E-state index is 0.0305. The number of nitrogens with one attached hydrogen (secondary N) is 1. The third-order valence-corrected chi connectivity index (χ3v) is 2.49. The second-order valence-electron chi connectivity index (χ2n) is 2.33. The molecule has 1 amide bonds. The molecule has 1 N–H and O–H groups in total. The molecule has 0 saturated carbocycles. The van der Waals surface area contributed by atoms with Crippen molar-refractivity contribution in [2.75, 3.05) is 5.88 Å². The normalized spacial score (nSPS) is 11.1. The van der Waals surface area contributed by atoms with Gasteiger partial charge in [0.15, 0.2) is 0 Å². The van der Waals surface area contributed by atoms with E-state index in [1.807, 2.05) is 0 Å². The van der Waals surface area contributed by atoms with Gasteiger partial charge < -0.3 is 4.98 Å². The summed E-state index contributed by atoms with van der Waals surface area (Å²) in [5.41, 5.74) is 0.636. The number of hydrogen-bond acceptors (Lipinski definition) is 1. The molecule has 0 aromatic rings. The van der Waals surface area contributed by atoms with Crippen molar-refractivity contribution < 1.29 is 4.79 Å². The molecule has 0 aromatic heterocycles. The first-order valence-electron chi connectivity index (χ1n) is 2.99. The first-order chi connectivity index (χ1) is 4.16. The van der Waals surface area contributed by atoms with E-state index in [1.54, 1.807) is 0 Å². The second kappa shape index (κ2) is 4.82. The summed E-state index contributed by atoms with van der Waals surface area (Å²) in [7, 11) is -0.396. The van der Waals surface area contributed by atoms with Gasteiger partial charge in [0, 0.05) is 0 Å². The van der Waals surface area contributed by atoms with Crippen LogP contribution in [0.4, 0.5) is 0 Å². The van der Waals surface area contributed by atoms with E-state index >= 15 is 0 Å². The van der Waals surface area contributed by atoms with Crippen molar-refractivity contribution >= 4 is 27.2 Å². The maximum absolute atomic E-state index is 10.5. The molecular formula is C5H12ClNOSi. The lowest BCUT2D eigenvalue weighted by Gasteiger charge is -2.02. The van der Waals surface area contributed by atoms with Crippen molar-refractivity contribution in [1.82, 2.24) is 4.98 Å². The van der Waals surface area contributed by atoms with Crippen LogP contribution in [0.5, 0.6) is 0 Å². The van der Waals surface area contributed by atoms with Crippen molar-refractivity contribution in [3.05, 3.63) is 0 Å². The van der Waals surface area contributed by atoms with Crippen molar-refractivity contribution in [1.29, 1.82) is 0 Å². The first kappa shape index (κ1) is 8.98. The standard InChI is InChI=1S/C5H12ClNOSi/c1-4(2)9-7-5(8)3-6/h4H,3,9H2,1-2H3,(H,7,8). The minimum Gasteiger partial charge on any atom is -0.386 e. The molecule has 2 nitrogen and oxygen atoms in total. The molecule has 54 valence electrons. The molecule has 0 aliphatic rings. The molecule has 0 bridgehead atoms. The fraction of sp³-hybridized carbons (Fsp3) is 0.800. The average Bonchev–Trinajstić information content (AvgIpc) is 1.83. The minimum atomic E-state index is -0.396. The number of hydrogen-bond donors (Lipinski definition) is 1. The number of carbonyl (C=O) groups is 1. The molecule has 0 radical (unpaired) electrons. The summed E-state index contributed by atoms with van der Waals surface area (Å²) < 4.78 is 0. The van der Waals surface area contributed by atoms with Gasteiger partial charge in [-0.1, -0.05) is 13.8 Å². The van der Waals surface area contributed by atoms with E-state index in [2.05, 4.69) is 18.8 Å². The number of carbonyl (C=O) groups excluding carboxylic acids is 1. The molecule has 0 unspecified atom stereocenters. The van der Waals surface area contributed by atoms with Gasteiger partial charge in [0.1, 0.15) is 15.6 Å². The van der Waals surface area contributed by atoms with Gasteiger partial charge in [-0.25, -0.2) is 0 Å². The Bertz CT molecular complexity index is 97.0. The van der Waals surface area contributed by atoms with E-state index in [4.69, 9.17) is 11.6 Å². The predicted octanol–water partition coefficient (Wildman–Crippen LogP) is 0.254. The van der Waals surface area contributed by atoms with E-state index in [1.165, 1.54) is 0 Å². The smallest absolute Gasteiger partial charge is 0.226 e. The zero-order chi connectivity index (χ0) is 7.28. The van der Waals surface area contributed by atoms with E-state index < -0.39 is 9.68 Å². The van der Waals surface area contributed by atoms with Crippen LogP contribution in [0.15, 0.2) is 0 Å². The van der Waals surface area contributed by atoms with Gasteiger partial charge in [0.2, 0.25) is 5.91 Å². The van der Waals surface area contributed by atoms with Crippen LogP contribution >= 0.6 is 11.6 Å². The average molecular weight is 166 g/mol. The molecular weight excluding hydrogens is 154 g/mol. The molecule has 0 heterocycles. The van der Waals surface area contributed by atoms with Crippen LogP contribution in [0.2, 0.25) is 5.54 Å². The summed E-state index contributed by atoms with van der Waals surface area (Å²) in [4.78, 5) is 13.3. The zero-order valence-corrected chi connectivity index (χ0v) is 7.95. The van der Waals surface area contributed by atoms with Crippen molar-refractivity contribution in [3.63, 3.8) is 0 Å². The van der Waals surface area contributed by atoms with Gasteiger partial charge in [0.25, 0.3) is 0 Å². The highest BCUT2D eigenvalue weighted by Gasteiger charge is 1.98. The second-order valence-corrected chi connectivity index (χ2v) is 4.99. The molecule has 0 spiro atoms. The number of halogens is 1. The highest BCUT2D eigenvalue weighted by molar-refractivity contribution is 6.41. The Morgan fingerprint density at radius 1 is 1.78 bits per heavy atom. The highest BCUT2D eigenvalue weighted by atomic mass is 35.5. The Labute approximate surface area is 62.9 Å². The van der Waals surface area contributed by atoms with Gasteiger partial charge in [-0.05, 0) is 5.54 Å². The van der Waals surface area contributed by atoms with Crippen LogP contribution in [-0.2, 0) is 4.79 Å². The van der Waals surface area contributed by atoms with Crippen LogP contribution in [0, 0.1) is 0 Å². The van der Waals surface area contributed by atoms with Crippen molar-refractivity contribution in [2.45, 2.75) is 19.4 Å². The molecule has 0 aliphatic heterocycles. The molecule has 0 aromatic carbocycles. The van der Waals surface area contributed by atoms with Crippen LogP contribution < -0.4 is 4.98 Å². The third-order valence-electron chi connectivity index (χ3n) is 0.829. The Morgan fingerprint density at radius 2 is 2.33 bits per heavy atom. The van der Waals surface area contributed by atoms with Gasteiger partial charge in [0.05, 0.1) is 0 Å². The first-order valence-corrected chi connectivity index (χ1v) is 5.05. The molecule has 0 saturated heterocycles. The molecule has 0 rings (SSSR count). The zero-order valence-electron chi connectivity index (χ0n) is 5.78. The van der Waals surface area contributed by atoms with E-state index in [0.29, 0.717) is 5.54 Å². The van der Waals surface area contributed by atoms with Crippen LogP contribution in [0.1, 0.15) is 13.8 Å². The molecule has 0 atom stereocenters. The van der Waals surface area contributed by atoms with Gasteiger partial charge >= 0.3 is 0 Å². The lowest BCUT2D eigenvalue weighted by atomic mass is 10.6. The van der Waals surface area contributed by atoms with Crippen LogP contribution in [0.3, 0.4) is 0 Å². The van der Waals surface area contributed by atoms with Crippen LogP contribution in [-0.4, -0.2) is 21.5 Å². The largest absolute Gasteiger partial charge is 0.386 e. The quantitative estimate of drug-likeness (QED) is 0.472. The maximum Gasteiger partial charge on any atom is 0.226 e. The lowest BCUT2D eigenvalue weighted by Crippen LogP contribution is -2.29. The van der Waals surface area contributed by atoms with E-state index in [0.717, 1.165) is 0 Å². The Morgan fingerprint density at radius 3 is 2.67 bits per heavy atom. The van der Waals surface area contributed by atoms with E-state index in [-0.39, 0.29) is 11.8 Å². The Balaban J connectivity index is 3.17. The fourth-order valence-electron chi connectivity index (χ4n) is 0.365. The van der Waals surface area contributed by atoms with Crippen molar-refractivity contribution in [3.8, 4) is 0 Å². The molecule has 9 heavy (non-hydrogen) atoms. The lowest BCUT2D eigenvalue weighted by molar-refractivity contribution is -0.117. The highest BCUT2D eigenvalue weighted by Crippen LogP contribution is 1.92. The summed E-state index contributed by atoms with van der Waals surface area (Å²) in [5.74, 6) is 0.0664. The molecule has 0 aliphatic carbocycles. The summed E-state index contributed by atoms with van der Waals surface area (Å²) in [5, 5.41) is 0. The predicted molar refractivity (Wildman–Crippen MR) is 42.5 cm³/mol. The Kier molecular flexibility index (Phi) is 4.81. The van der Waals surface area contributed by atoms with Gasteiger partial charge in [-0.15, -0.1) is 11.6 Å².